The molecule has 2 aromatic heterocycles. The molecule has 0 fully saturated rings. The number of aldehydes is 1. The summed E-state index contributed by atoms with van der Waals surface area (Å²) >= 11 is 0. The van der Waals surface area contributed by atoms with Crippen molar-refractivity contribution >= 4 is 6.29 Å². The average Bonchev–Trinajstić information content (AvgIpc) is 3.14. The van der Waals surface area contributed by atoms with Gasteiger partial charge < -0.3 is 9.53 Å². The van der Waals surface area contributed by atoms with Crippen LogP contribution in [0.1, 0.15) is 46.0 Å². The van der Waals surface area contributed by atoms with Crippen molar-refractivity contribution in [2.75, 3.05) is 6.61 Å². The fourth-order valence-electron chi connectivity index (χ4n) is 2.62. The monoisotopic (exact) mass is 315 g/mol. The van der Waals surface area contributed by atoms with Crippen molar-refractivity contribution in [3.8, 4) is 17.1 Å². The van der Waals surface area contributed by atoms with Gasteiger partial charge in [-0.15, -0.1) is 0 Å². The molecule has 2 aromatic rings. The number of nitrogens with zero attached hydrogens (tertiary/aromatic N) is 2. The summed E-state index contributed by atoms with van der Waals surface area (Å²) in [5.41, 5.74) is 1.59. The predicted octanol–water partition coefficient (Wildman–Crippen LogP) is 4.03. The highest BCUT2D eigenvalue weighted by Crippen LogP contribution is 2.30. The van der Waals surface area contributed by atoms with Gasteiger partial charge in [-0.05, 0) is 50.3 Å². The standard InChI is InChI=1S/C18H25N3O2/c1-3-18(4-2,14-22)10-5-6-12-23-15-7-8-16(19-13-15)17-9-11-20-21-17/h7-9,11,13-14H,3-6,10,12H2,1-2H3,(H,20,21). The van der Waals surface area contributed by atoms with Gasteiger partial charge in [0.1, 0.15) is 12.0 Å². The molecule has 124 valence electrons. The lowest BCUT2D eigenvalue weighted by atomic mass is 9.79. The maximum absolute atomic E-state index is 11.3. The molecule has 0 aliphatic heterocycles. The van der Waals surface area contributed by atoms with Crippen LogP contribution in [0.4, 0.5) is 0 Å². The summed E-state index contributed by atoms with van der Waals surface area (Å²) in [6.45, 7) is 4.82. The Bertz CT molecular complexity index is 575. The van der Waals surface area contributed by atoms with E-state index < -0.39 is 0 Å². The highest BCUT2D eigenvalue weighted by Gasteiger charge is 2.24. The van der Waals surface area contributed by atoms with E-state index in [1.807, 2.05) is 18.2 Å². The van der Waals surface area contributed by atoms with Crippen LogP contribution in [0.5, 0.6) is 5.75 Å². The van der Waals surface area contributed by atoms with E-state index in [-0.39, 0.29) is 5.41 Å². The number of rotatable bonds is 10. The van der Waals surface area contributed by atoms with Crippen LogP contribution in [0.25, 0.3) is 11.4 Å². The third-order valence-corrected chi connectivity index (χ3v) is 4.51. The number of pyridine rings is 1. The van der Waals surface area contributed by atoms with Gasteiger partial charge >= 0.3 is 0 Å². The summed E-state index contributed by atoms with van der Waals surface area (Å²) in [6, 6.07) is 5.70. The van der Waals surface area contributed by atoms with Crippen molar-refractivity contribution in [1.82, 2.24) is 15.2 Å². The van der Waals surface area contributed by atoms with Crippen LogP contribution >= 0.6 is 0 Å². The summed E-state index contributed by atoms with van der Waals surface area (Å²) in [5.74, 6) is 0.765. The van der Waals surface area contributed by atoms with Gasteiger partial charge in [0, 0.05) is 11.6 Å². The van der Waals surface area contributed by atoms with Crippen LogP contribution in [0, 0.1) is 5.41 Å². The van der Waals surface area contributed by atoms with Crippen LogP contribution in [-0.4, -0.2) is 28.1 Å². The molecule has 5 nitrogen and oxygen atoms in total. The number of unbranched alkanes of at least 4 members (excludes halogenated alkanes) is 1. The molecule has 5 heteroatoms. The van der Waals surface area contributed by atoms with Crippen LogP contribution in [-0.2, 0) is 4.79 Å². The predicted molar refractivity (Wildman–Crippen MR) is 90.2 cm³/mol. The smallest absolute Gasteiger partial charge is 0.137 e. The summed E-state index contributed by atoms with van der Waals surface area (Å²) < 4.78 is 5.72. The van der Waals surface area contributed by atoms with Crippen molar-refractivity contribution in [3.05, 3.63) is 30.6 Å². The van der Waals surface area contributed by atoms with E-state index in [1.54, 1.807) is 12.4 Å². The number of nitrogens with one attached hydrogen (secondary N) is 1. The summed E-state index contributed by atoms with van der Waals surface area (Å²) in [6.07, 6.45) is 9.25. The van der Waals surface area contributed by atoms with Gasteiger partial charge in [0.15, 0.2) is 0 Å². The summed E-state index contributed by atoms with van der Waals surface area (Å²) in [7, 11) is 0. The molecule has 23 heavy (non-hydrogen) atoms. The topological polar surface area (TPSA) is 67.9 Å². The van der Waals surface area contributed by atoms with Crippen LogP contribution < -0.4 is 4.74 Å². The number of aromatic nitrogens is 3. The molecule has 2 heterocycles. The van der Waals surface area contributed by atoms with Gasteiger partial charge in [-0.1, -0.05) is 13.8 Å². The summed E-state index contributed by atoms with van der Waals surface area (Å²) in [5, 5.41) is 6.79. The lowest BCUT2D eigenvalue weighted by Gasteiger charge is -2.24. The van der Waals surface area contributed by atoms with E-state index in [1.165, 1.54) is 0 Å². The van der Waals surface area contributed by atoms with Crippen molar-refractivity contribution in [2.24, 2.45) is 5.41 Å². The number of ether oxygens (including phenoxy) is 1. The molecule has 0 saturated carbocycles. The second kappa shape index (κ2) is 8.46. The van der Waals surface area contributed by atoms with E-state index in [9.17, 15) is 4.79 Å². The Morgan fingerprint density at radius 2 is 2.04 bits per heavy atom. The molecule has 0 bridgehead atoms. The molecule has 0 aliphatic rings. The van der Waals surface area contributed by atoms with Crippen LogP contribution in [0.3, 0.4) is 0 Å². The first kappa shape index (κ1) is 17.2. The molecule has 0 atom stereocenters. The van der Waals surface area contributed by atoms with E-state index in [0.29, 0.717) is 6.61 Å². The Morgan fingerprint density at radius 3 is 2.61 bits per heavy atom. The second-order valence-electron chi connectivity index (χ2n) is 5.84. The highest BCUT2D eigenvalue weighted by molar-refractivity contribution is 5.59. The van der Waals surface area contributed by atoms with Gasteiger partial charge in [-0.3, -0.25) is 10.1 Å². The van der Waals surface area contributed by atoms with Gasteiger partial charge in [-0.2, -0.15) is 5.10 Å². The number of H-pyrrole nitrogens is 1. The lowest BCUT2D eigenvalue weighted by Crippen LogP contribution is -2.20. The lowest BCUT2D eigenvalue weighted by molar-refractivity contribution is -0.117. The number of hydrogen-bond donors (Lipinski definition) is 1. The number of aromatic amines is 1. The molecular formula is C18H25N3O2. The first-order valence-electron chi connectivity index (χ1n) is 8.28. The van der Waals surface area contributed by atoms with Crippen LogP contribution in [0.15, 0.2) is 30.6 Å². The molecular weight excluding hydrogens is 290 g/mol. The van der Waals surface area contributed by atoms with Crippen molar-refractivity contribution in [1.29, 1.82) is 0 Å². The van der Waals surface area contributed by atoms with E-state index in [4.69, 9.17) is 4.74 Å². The molecule has 0 aliphatic carbocycles. The van der Waals surface area contributed by atoms with Gasteiger partial charge in [0.05, 0.1) is 24.2 Å². The maximum Gasteiger partial charge on any atom is 0.137 e. The van der Waals surface area contributed by atoms with Gasteiger partial charge in [-0.25, -0.2) is 0 Å². The van der Waals surface area contributed by atoms with Crippen LogP contribution in [0.2, 0.25) is 0 Å². The van der Waals surface area contributed by atoms with E-state index in [0.717, 1.165) is 55.5 Å². The van der Waals surface area contributed by atoms with E-state index in [2.05, 4.69) is 29.0 Å². The number of hydrogen-bond acceptors (Lipinski definition) is 4. The van der Waals surface area contributed by atoms with Crippen molar-refractivity contribution < 1.29 is 9.53 Å². The van der Waals surface area contributed by atoms with E-state index >= 15 is 0 Å². The fraction of sp³-hybridized carbons (Fsp3) is 0.500. The minimum atomic E-state index is -0.146. The SMILES string of the molecule is CCC(C=O)(CC)CCCCOc1ccc(-c2ccn[nH]2)nc1. The number of carbonyl (C=O) groups excluding carboxylic acids is 1. The molecule has 0 unspecified atom stereocenters. The largest absolute Gasteiger partial charge is 0.492 e. The highest BCUT2D eigenvalue weighted by atomic mass is 16.5. The Labute approximate surface area is 137 Å². The second-order valence-corrected chi connectivity index (χ2v) is 5.84. The molecule has 1 N–H and O–H groups in total. The normalized spacial score (nSPS) is 11.4. The third-order valence-electron chi connectivity index (χ3n) is 4.51. The Hall–Kier alpha value is -2.17. The maximum atomic E-state index is 11.3. The van der Waals surface area contributed by atoms with Gasteiger partial charge in [0.25, 0.3) is 0 Å². The molecule has 0 aromatic carbocycles. The first-order chi connectivity index (χ1) is 11.2. The van der Waals surface area contributed by atoms with Gasteiger partial charge in [0.2, 0.25) is 0 Å². The minimum absolute atomic E-state index is 0.146. The van der Waals surface area contributed by atoms with Crippen molar-refractivity contribution in [2.45, 2.75) is 46.0 Å². The number of carbonyl (C=O) groups is 1. The summed E-state index contributed by atoms with van der Waals surface area (Å²) in [4.78, 5) is 15.6. The molecule has 0 saturated heterocycles. The molecule has 0 amide bonds. The zero-order chi connectivity index (χ0) is 16.5. The molecule has 2 rings (SSSR count). The third kappa shape index (κ3) is 4.65. The fourth-order valence-corrected chi connectivity index (χ4v) is 2.62. The first-order valence-corrected chi connectivity index (χ1v) is 8.28. The molecule has 0 radical (unpaired) electrons. The molecule has 0 spiro atoms. The quantitative estimate of drug-likeness (QED) is 0.531. The van der Waals surface area contributed by atoms with Crippen molar-refractivity contribution in [3.63, 3.8) is 0 Å². The minimum Gasteiger partial charge on any atom is -0.492 e. The zero-order valence-corrected chi connectivity index (χ0v) is 13.9. The average molecular weight is 315 g/mol. The Morgan fingerprint density at radius 1 is 1.22 bits per heavy atom. The Kier molecular flexibility index (Phi) is 6.32. The zero-order valence-electron chi connectivity index (χ0n) is 13.9. The Balaban J connectivity index is 1.73.